The second-order valence-electron chi connectivity index (χ2n) is 1.75. The Kier molecular flexibility index (Phi) is 3.33. The normalized spacial score (nSPS) is 13.4. The molecular formula is C5H2F6O2. The van der Waals surface area contributed by atoms with Crippen LogP contribution < -0.4 is 0 Å². The fraction of sp³-hybridized carbons (Fsp3) is 0.400. The summed E-state index contributed by atoms with van der Waals surface area (Å²) < 4.78 is 70.7. The Morgan fingerprint density at radius 3 is 1.85 bits per heavy atom. The van der Waals surface area contributed by atoms with E-state index >= 15 is 0 Å². The van der Waals surface area contributed by atoms with Gasteiger partial charge in [-0.25, -0.2) is 4.79 Å². The third-order valence-electron chi connectivity index (χ3n) is 0.664. The first kappa shape index (κ1) is 11.8. The third-order valence-corrected chi connectivity index (χ3v) is 0.664. The van der Waals surface area contributed by atoms with Crippen molar-refractivity contribution in [2.24, 2.45) is 0 Å². The zero-order valence-corrected chi connectivity index (χ0v) is 5.74. The van der Waals surface area contributed by atoms with Gasteiger partial charge in [-0.2, -0.15) is 26.3 Å². The molecule has 0 heterocycles. The van der Waals surface area contributed by atoms with Crippen molar-refractivity contribution in [3.8, 4) is 0 Å². The van der Waals surface area contributed by atoms with Gasteiger partial charge in [-0.1, -0.05) is 0 Å². The predicted octanol–water partition coefficient (Wildman–Crippen LogP) is 2.17. The van der Waals surface area contributed by atoms with E-state index in [0.717, 1.165) is 0 Å². The van der Waals surface area contributed by atoms with Crippen molar-refractivity contribution in [2.45, 2.75) is 12.4 Å². The molecule has 0 saturated carbocycles. The first-order chi connectivity index (χ1) is 5.63. The van der Waals surface area contributed by atoms with Crippen LogP contribution in [-0.2, 0) is 9.53 Å². The molecule has 0 aliphatic rings. The zero-order chi connectivity index (χ0) is 10.7. The molecule has 0 rings (SSSR count). The Morgan fingerprint density at radius 1 is 1.08 bits per heavy atom. The number of esters is 1. The molecule has 0 aliphatic carbocycles. The van der Waals surface area contributed by atoms with Crippen molar-refractivity contribution in [1.82, 2.24) is 0 Å². The van der Waals surface area contributed by atoms with E-state index in [1.165, 1.54) is 0 Å². The van der Waals surface area contributed by atoms with Gasteiger partial charge in [0, 0.05) is 0 Å². The molecule has 0 N–H and O–H groups in total. The standard InChI is InChI=1S/C5H2F6O2/c6-4(7,8)1-2-13-3(12)5(9,10)11/h1-2H. The van der Waals surface area contributed by atoms with E-state index < -0.39 is 24.4 Å². The van der Waals surface area contributed by atoms with Crippen LogP contribution in [0.3, 0.4) is 0 Å². The molecule has 0 atom stereocenters. The summed E-state index contributed by atoms with van der Waals surface area (Å²) in [6.45, 7) is 0. The number of carbonyl (C=O) groups is 1. The van der Waals surface area contributed by atoms with Gasteiger partial charge in [-0.05, 0) is 0 Å². The second kappa shape index (κ2) is 3.67. The van der Waals surface area contributed by atoms with Crippen molar-refractivity contribution in [3.05, 3.63) is 12.3 Å². The lowest BCUT2D eigenvalue weighted by atomic mass is 10.6. The highest BCUT2D eigenvalue weighted by Crippen LogP contribution is 2.18. The molecule has 0 amide bonds. The summed E-state index contributed by atoms with van der Waals surface area (Å²) >= 11 is 0. The molecule has 0 fully saturated rings. The molecule has 0 aromatic rings. The summed E-state index contributed by atoms with van der Waals surface area (Å²) in [7, 11) is 0. The zero-order valence-electron chi connectivity index (χ0n) is 5.74. The van der Waals surface area contributed by atoms with Gasteiger partial charge < -0.3 is 4.74 Å². The number of alkyl halides is 6. The maximum Gasteiger partial charge on any atom is 0.491 e. The molecule has 8 heteroatoms. The van der Waals surface area contributed by atoms with Crippen LogP contribution in [-0.4, -0.2) is 18.3 Å². The molecule has 0 spiro atoms. The fourth-order valence-corrected chi connectivity index (χ4v) is 0.240. The maximum absolute atomic E-state index is 11.3. The summed E-state index contributed by atoms with van der Waals surface area (Å²) in [6.07, 6.45) is -11.1. The van der Waals surface area contributed by atoms with Crippen LogP contribution in [0.15, 0.2) is 12.3 Å². The predicted molar refractivity (Wildman–Crippen MR) is 27.3 cm³/mol. The van der Waals surface area contributed by atoms with E-state index in [9.17, 15) is 31.1 Å². The van der Waals surface area contributed by atoms with E-state index in [-0.39, 0.29) is 6.26 Å². The number of allylic oxidation sites excluding steroid dienone is 1. The molecule has 2 nitrogen and oxygen atoms in total. The molecule has 0 radical (unpaired) electrons. The van der Waals surface area contributed by atoms with Crippen LogP contribution in [0.25, 0.3) is 0 Å². The molecular weight excluding hydrogens is 206 g/mol. The Hall–Kier alpha value is -1.21. The first-order valence-electron chi connectivity index (χ1n) is 2.65. The molecule has 0 unspecified atom stereocenters. The molecule has 0 saturated heterocycles. The Balaban J connectivity index is 4.06. The summed E-state index contributed by atoms with van der Waals surface area (Å²) in [5.41, 5.74) is 0. The van der Waals surface area contributed by atoms with E-state index in [1.807, 2.05) is 0 Å². The lowest BCUT2D eigenvalue weighted by Gasteiger charge is -2.02. The summed E-state index contributed by atoms with van der Waals surface area (Å²) in [4.78, 5) is 9.78. The molecule has 0 bridgehead atoms. The van der Waals surface area contributed by atoms with Crippen molar-refractivity contribution < 1.29 is 35.9 Å². The number of ether oxygens (including phenoxy) is 1. The smallest absolute Gasteiger partial charge is 0.428 e. The van der Waals surface area contributed by atoms with Gasteiger partial charge in [0.1, 0.15) is 0 Å². The molecule has 13 heavy (non-hydrogen) atoms. The minimum Gasteiger partial charge on any atom is -0.428 e. The summed E-state index contributed by atoms with van der Waals surface area (Å²) in [5.74, 6) is -2.70. The largest absolute Gasteiger partial charge is 0.491 e. The Morgan fingerprint density at radius 2 is 1.54 bits per heavy atom. The minimum atomic E-state index is -5.30. The Bertz CT molecular complexity index is 212. The number of rotatable bonds is 1. The second-order valence-corrected chi connectivity index (χ2v) is 1.75. The average Bonchev–Trinajstić information content (AvgIpc) is 1.82. The molecule has 0 aliphatic heterocycles. The molecule has 0 aromatic heterocycles. The van der Waals surface area contributed by atoms with Crippen LogP contribution in [0.1, 0.15) is 0 Å². The van der Waals surface area contributed by atoms with Gasteiger partial charge in [0.05, 0.1) is 12.3 Å². The topological polar surface area (TPSA) is 26.3 Å². The fourth-order valence-electron chi connectivity index (χ4n) is 0.240. The van der Waals surface area contributed by atoms with Crippen molar-refractivity contribution in [2.75, 3.05) is 0 Å². The van der Waals surface area contributed by atoms with Crippen molar-refractivity contribution in [1.29, 1.82) is 0 Å². The minimum absolute atomic E-state index is 0.365. The van der Waals surface area contributed by atoms with E-state index in [1.54, 1.807) is 0 Å². The lowest BCUT2D eigenvalue weighted by Crippen LogP contribution is -2.23. The van der Waals surface area contributed by atoms with Crippen LogP contribution in [0.5, 0.6) is 0 Å². The number of hydrogen-bond donors (Lipinski definition) is 0. The molecule has 76 valence electrons. The highest BCUT2D eigenvalue weighted by atomic mass is 19.4. The SMILES string of the molecule is O=C(OC=CC(F)(F)F)C(F)(F)F. The van der Waals surface area contributed by atoms with Gasteiger partial charge in [-0.3, -0.25) is 0 Å². The summed E-state index contributed by atoms with van der Waals surface area (Å²) in [6, 6.07) is 0. The van der Waals surface area contributed by atoms with Gasteiger partial charge in [0.15, 0.2) is 0 Å². The average molecular weight is 208 g/mol. The van der Waals surface area contributed by atoms with Gasteiger partial charge in [-0.15, -0.1) is 0 Å². The Labute approximate surface area is 67.8 Å². The van der Waals surface area contributed by atoms with Crippen LogP contribution in [0, 0.1) is 0 Å². The quantitative estimate of drug-likeness (QED) is 0.375. The highest BCUT2D eigenvalue weighted by Gasteiger charge is 2.40. The summed E-state index contributed by atoms with van der Waals surface area (Å²) in [5, 5.41) is 0. The first-order valence-corrected chi connectivity index (χ1v) is 2.65. The highest BCUT2D eigenvalue weighted by molar-refractivity contribution is 5.76. The van der Waals surface area contributed by atoms with Gasteiger partial charge >= 0.3 is 18.3 Å². The van der Waals surface area contributed by atoms with Gasteiger partial charge in [0.2, 0.25) is 0 Å². The van der Waals surface area contributed by atoms with Gasteiger partial charge in [0.25, 0.3) is 0 Å². The number of carbonyl (C=O) groups excluding carboxylic acids is 1. The van der Waals surface area contributed by atoms with E-state index in [2.05, 4.69) is 4.74 Å². The number of hydrogen-bond acceptors (Lipinski definition) is 2. The monoisotopic (exact) mass is 208 g/mol. The van der Waals surface area contributed by atoms with Crippen molar-refractivity contribution >= 4 is 5.97 Å². The lowest BCUT2D eigenvalue weighted by molar-refractivity contribution is -0.194. The number of halogens is 6. The van der Waals surface area contributed by atoms with Crippen LogP contribution >= 0.6 is 0 Å². The van der Waals surface area contributed by atoms with Crippen LogP contribution in [0.2, 0.25) is 0 Å². The molecule has 0 aromatic carbocycles. The van der Waals surface area contributed by atoms with E-state index in [0.29, 0.717) is 0 Å². The third kappa shape index (κ3) is 6.00. The van der Waals surface area contributed by atoms with E-state index in [4.69, 9.17) is 0 Å². The van der Waals surface area contributed by atoms with Crippen molar-refractivity contribution in [3.63, 3.8) is 0 Å². The van der Waals surface area contributed by atoms with Crippen LogP contribution in [0.4, 0.5) is 26.3 Å². The maximum atomic E-state index is 11.3.